The van der Waals surface area contributed by atoms with Crippen LogP contribution in [-0.4, -0.2) is 35.4 Å². The summed E-state index contributed by atoms with van der Waals surface area (Å²) in [6.07, 6.45) is 3.02. The number of nitrogens with zero attached hydrogens (tertiary/aromatic N) is 1. The predicted molar refractivity (Wildman–Crippen MR) is 104 cm³/mol. The third kappa shape index (κ3) is 5.47. The van der Waals surface area contributed by atoms with Gasteiger partial charge in [-0.2, -0.15) is 0 Å². The first-order valence-electron chi connectivity index (χ1n) is 8.59. The van der Waals surface area contributed by atoms with Crippen LogP contribution in [0.1, 0.15) is 38.5 Å². The molecule has 1 aliphatic rings. The number of carbonyl (C=O) groups excluding carboxylic acids is 1. The second-order valence-electron chi connectivity index (χ2n) is 6.05. The van der Waals surface area contributed by atoms with Gasteiger partial charge in [-0.25, -0.2) is 4.79 Å². The molecule has 0 radical (unpaired) electrons. The summed E-state index contributed by atoms with van der Waals surface area (Å²) in [6, 6.07) is 1.82. The highest BCUT2D eigenvalue weighted by molar-refractivity contribution is 8.14. The molecule has 3 N–H and O–H groups in total. The number of thioether (sulfide) groups is 1. The quantitative estimate of drug-likeness (QED) is 0.636. The standard InChI is InChI=1S/C18H25N3O4S/c1-4-6-13(15-8-12(24-7-5-2)9-16(22)25-15)20-17(23)14-10-26-18(21-14)11(3)19/h5,8-9,11,13-14H,2,4,6-7,10,19H2,1,3H3,(H,20,23). The average Bonchev–Trinajstić information content (AvgIpc) is 3.09. The van der Waals surface area contributed by atoms with Gasteiger partial charge in [0, 0.05) is 17.9 Å². The Morgan fingerprint density at radius 1 is 1.62 bits per heavy atom. The number of nitrogens with one attached hydrogen (secondary N) is 1. The molecule has 1 amide bonds. The normalized spacial score (nSPS) is 18.7. The molecule has 26 heavy (non-hydrogen) atoms. The van der Waals surface area contributed by atoms with Crippen LogP contribution < -0.4 is 21.4 Å². The molecule has 8 heteroatoms. The lowest BCUT2D eigenvalue weighted by atomic mass is 10.1. The monoisotopic (exact) mass is 379 g/mol. The van der Waals surface area contributed by atoms with Crippen molar-refractivity contribution in [2.24, 2.45) is 10.7 Å². The van der Waals surface area contributed by atoms with E-state index in [1.807, 2.05) is 13.8 Å². The number of ether oxygens (including phenoxy) is 1. The Kier molecular flexibility index (Phi) is 7.47. The highest BCUT2D eigenvalue weighted by Gasteiger charge is 2.29. The van der Waals surface area contributed by atoms with Crippen LogP contribution in [0.15, 0.2) is 39.0 Å². The molecular weight excluding hydrogens is 354 g/mol. The van der Waals surface area contributed by atoms with Crippen molar-refractivity contribution in [1.29, 1.82) is 0 Å². The zero-order valence-electron chi connectivity index (χ0n) is 15.1. The molecule has 0 saturated carbocycles. The van der Waals surface area contributed by atoms with E-state index in [9.17, 15) is 9.59 Å². The van der Waals surface area contributed by atoms with E-state index in [0.29, 0.717) is 23.7 Å². The first kappa shape index (κ1) is 20.3. The number of nitrogens with two attached hydrogens (primary N) is 1. The van der Waals surface area contributed by atoms with Crippen molar-refractivity contribution in [3.63, 3.8) is 0 Å². The van der Waals surface area contributed by atoms with Gasteiger partial charge >= 0.3 is 5.63 Å². The number of carbonyl (C=O) groups is 1. The molecule has 3 atom stereocenters. The van der Waals surface area contributed by atoms with Crippen LogP contribution in [0.3, 0.4) is 0 Å². The summed E-state index contributed by atoms with van der Waals surface area (Å²) < 4.78 is 10.7. The number of hydrogen-bond acceptors (Lipinski definition) is 7. The summed E-state index contributed by atoms with van der Waals surface area (Å²) in [6.45, 7) is 7.70. The maximum atomic E-state index is 12.6. The van der Waals surface area contributed by atoms with Crippen molar-refractivity contribution in [3.8, 4) is 5.75 Å². The van der Waals surface area contributed by atoms with Crippen LogP contribution in [0.2, 0.25) is 0 Å². The summed E-state index contributed by atoms with van der Waals surface area (Å²) in [5.41, 5.74) is 5.30. The van der Waals surface area contributed by atoms with E-state index in [1.54, 1.807) is 12.1 Å². The topological polar surface area (TPSA) is 107 Å². The molecule has 3 unspecified atom stereocenters. The largest absolute Gasteiger partial charge is 0.489 e. The zero-order valence-corrected chi connectivity index (χ0v) is 15.9. The molecule has 1 aromatic rings. The van der Waals surface area contributed by atoms with E-state index < -0.39 is 17.7 Å². The van der Waals surface area contributed by atoms with Gasteiger partial charge < -0.3 is 20.2 Å². The average molecular weight is 379 g/mol. The molecule has 1 aliphatic heterocycles. The number of hydrogen-bond donors (Lipinski definition) is 2. The molecule has 142 valence electrons. The maximum absolute atomic E-state index is 12.6. The first-order chi connectivity index (χ1) is 12.4. The van der Waals surface area contributed by atoms with E-state index >= 15 is 0 Å². The molecule has 0 fully saturated rings. The number of rotatable bonds is 9. The maximum Gasteiger partial charge on any atom is 0.339 e. The van der Waals surface area contributed by atoms with Crippen molar-refractivity contribution in [2.45, 2.75) is 44.8 Å². The second kappa shape index (κ2) is 9.59. The summed E-state index contributed by atoms with van der Waals surface area (Å²) in [5, 5.41) is 3.72. The fraction of sp³-hybridized carbons (Fsp3) is 0.500. The smallest absolute Gasteiger partial charge is 0.339 e. The third-order valence-electron chi connectivity index (χ3n) is 3.73. The van der Waals surface area contributed by atoms with Crippen molar-refractivity contribution in [3.05, 3.63) is 41.0 Å². The SMILES string of the molecule is C=CCOc1cc(C(CCC)NC(=O)C2CSC(C(C)N)=N2)oc(=O)c1. The highest BCUT2D eigenvalue weighted by Crippen LogP contribution is 2.24. The lowest BCUT2D eigenvalue weighted by molar-refractivity contribution is -0.122. The molecule has 1 aromatic heterocycles. The summed E-state index contributed by atoms with van der Waals surface area (Å²) >= 11 is 1.50. The van der Waals surface area contributed by atoms with Gasteiger partial charge in [0.25, 0.3) is 0 Å². The minimum atomic E-state index is -0.523. The minimum absolute atomic E-state index is 0.180. The van der Waals surface area contributed by atoms with E-state index in [4.69, 9.17) is 14.9 Å². The molecule has 2 rings (SSSR count). The van der Waals surface area contributed by atoms with Crippen LogP contribution in [0.25, 0.3) is 0 Å². The summed E-state index contributed by atoms with van der Waals surface area (Å²) in [7, 11) is 0. The fourth-order valence-electron chi connectivity index (χ4n) is 2.50. The van der Waals surface area contributed by atoms with Crippen LogP contribution in [-0.2, 0) is 4.79 Å². The fourth-order valence-corrected chi connectivity index (χ4v) is 3.52. The van der Waals surface area contributed by atoms with Crippen LogP contribution in [0, 0.1) is 0 Å². The van der Waals surface area contributed by atoms with Gasteiger partial charge in [-0.1, -0.05) is 26.0 Å². The molecule has 7 nitrogen and oxygen atoms in total. The minimum Gasteiger partial charge on any atom is -0.489 e. The Morgan fingerprint density at radius 2 is 2.38 bits per heavy atom. The third-order valence-corrected chi connectivity index (χ3v) is 4.99. The molecule has 0 aromatic carbocycles. The van der Waals surface area contributed by atoms with Crippen LogP contribution >= 0.6 is 11.8 Å². The van der Waals surface area contributed by atoms with Crippen molar-refractivity contribution < 1.29 is 13.9 Å². The van der Waals surface area contributed by atoms with Crippen LogP contribution in [0.4, 0.5) is 0 Å². The van der Waals surface area contributed by atoms with Gasteiger partial charge in [0.2, 0.25) is 5.91 Å². The molecule has 0 bridgehead atoms. The summed E-state index contributed by atoms with van der Waals surface area (Å²) in [4.78, 5) is 28.8. The molecule has 0 saturated heterocycles. The second-order valence-corrected chi connectivity index (χ2v) is 7.09. The Labute approximate surface area is 157 Å². The number of amides is 1. The Balaban J connectivity index is 2.16. The Bertz CT molecular complexity index is 729. The van der Waals surface area contributed by atoms with Crippen molar-refractivity contribution in [1.82, 2.24) is 5.32 Å². The Hall–Kier alpha value is -2.06. The Morgan fingerprint density at radius 3 is 3.00 bits per heavy atom. The van der Waals surface area contributed by atoms with Crippen molar-refractivity contribution >= 4 is 22.7 Å². The van der Waals surface area contributed by atoms with Gasteiger partial charge in [0.15, 0.2) is 0 Å². The zero-order chi connectivity index (χ0) is 19.1. The molecular formula is C18H25N3O4S. The van der Waals surface area contributed by atoms with E-state index in [2.05, 4.69) is 16.9 Å². The van der Waals surface area contributed by atoms with Crippen LogP contribution in [0.5, 0.6) is 5.75 Å². The van der Waals surface area contributed by atoms with Gasteiger partial charge in [0.1, 0.15) is 24.2 Å². The first-order valence-corrected chi connectivity index (χ1v) is 9.58. The molecule has 0 aliphatic carbocycles. The van der Waals surface area contributed by atoms with Gasteiger partial charge in [0.05, 0.1) is 17.2 Å². The summed E-state index contributed by atoms with van der Waals surface area (Å²) in [5.74, 6) is 1.12. The van der Waals surface area contributed by atoms with E-state index in [-0.39, 0.29) is 18.6 Å². The predicted octanol–water partition coefficient (Wildman–Crippen LogP) is 2.02. The molecule has 2 heterocycles. The highest BCUT2D eigenvalue weighted by atomic mass is 32.2. The van der Waals surface area contributed by atoms with Gasteiger partial charge in [-0.15, -0.1) is 11.8 Å². The van der Waals surface area contributed by atoms with E-state index in [0.717, 1.165) is 11.5 Å². The van der Waals surface area contributed by atoms with Gasteiger partial charge in [-0.3, -0.25) is 9.79 Å². The van der Waals surface area contributed by atoms with Crippen molar-refractivity contribution in [2.75, 3.05) is 12.4 Å². The number of aliphatic imine (C=N–C) groups is 1. The lowest BCUT2D eigenvalue weighted by Gasteiger charge is -2.19. The van der Waals surface area contributed by atoms with Gasteiger partial charge in [-0.05, 0) is 13.3 Å². The van der Waals surface area contributed by atoms with E-state index in [1.165, 1.54) is 17.8 Å². The molecule has 0 spiro atoms. The lowest BCUT2D eigenvalue weighted by Crippen LogP contribution is -2.37.